The molecule has 164 valence electrons. The second-order valence-corrected chi connectivity index (χ2v) is 7.77. The number of hydrogen-bond donors (Lipinski definition) is 1. The fourth-order valence-electron chi connectivity index (χ4n) is 3.35. The van der Waals surface area contributed by atoms with Crippen molar-refractivity contribution < 1.29 is 13.9 Å². The molecule has 1 aromatic carbocycles. The number of carbonyl (C=O) groups is 1. The number of ether oxygens (including phenoxy) is 1. The molecule has 1 saturated heterocycles. The SMILES string of the molecule is CN(C)C(=O)CN=C(NCCCN1CCOCC1)N(C)Cc1cc2ccccc2o1. The van der Waals surface area contributed by atoms with Crippen LogP contribution in [0.3, 0.4) is 0 Å². The Labute approximate surface area is 178 Å². The largest absolute Gasteiger partial charge is 0.459 e. The van der Waals surface area contributed by atoms with Gasteiger partial charge in [0.15, 0.2) is 5.96 Å². The molecule has 8 heteroatoms. The minimum atomic E-state index is -0.0280. The standard InChI is InChI=1S/C22H33N5O3/c1-25(2)21(28)16-24-22(23-9-6-10-27-11-13-29-14-12-27)26(3)17-19-15-18-7-4-5-8-20(18)30-19/h4-5,7-8,15H,6,9-14,16-17H2,1-3H3,(H,23,24). The minimum absolute atomic E-state index is 0.0280. The number of aliphatic imine (C=N–C) groups is 1. The first-order valence-electron chi connectivity index (χ1n) is 10.5. The molecular weight excluding hydrogens is 382 g/mol. The molecule has 1 aliphatic heterocycles. The summed E-state index contributed by atoms with van der Waals surface area (Å²) in [6.45, 7) is 6.10. The molecule has 0 atom stereocenters. The molecule has 0 aliphatic carbocycles. The van der Waals surface area contributed by atoms with Crippen molar-refractivity contribution in [2.24, 2.45) is 4.99 Å². The third-order valence-electron chi connectivity index (χ3n) is 5.13. The van der Waals surface area contributed by atoms with E-state index in [-0.39, 0.29) is 12.5 Å². The number of rotatable bonds is 8. The molecule has 30 heavy (non-hydrogen) atoms. The first-order chi connectivity index (χ1) is 14.5. The van der Waals surface area contributed by atoms with Crippen LogP contribution >= 0.6 is 0 Å². The number of furan rings is 1. The zero-order valence-corrected chi connectivity index (χ0v) is 18.3. The molecule has 1 fully saturated rings. The molecule has 2 heterocycles. The highest BCUT2D eigenvalue weighted by Crippen LogP contribution is 2.19. The molecule has 1 amide bonds. The Kier molecular flexibility index (Phi) is 8.10. The van der Waals surface area contributed by atoms with Gasteiger partial charge in [-0.15, -0.1) is 0 Å². The van der Waals surface area contributed by atoms with Crippen LogP contribution < -0.4 is 5.32 Å². The number of carbonyl (C=O) groups excluding carboxylic acids is 1. The lowest BCUT2D eigenvalue weighted by molar-refractivity contribution is -0.127. The number of fused-ring (bicyclic) bond motifs is 1. The zero-order valence-electron chi connectivity index (χ0n) is 18.3. The van der Waals surface area contributed by atoms with Gasteiger partial charge in [0.05, 0.1) is 19.8 Å². The number of para-hydroxylation sites is 1. The lowest BCUT2D eigenvalue weighted by Gasteiger charge is -2.27. The summed E-state index contributed by atoms with van der Waals surface area (Å²) in [5.41, 5.74) is 0.876. The van der Waals surface area contributed by atoms with E-state index in [4.69, 9.17) is 9.15 Å². The lowest BCUT2D eigenvalue weighted by atomic mass is 10.2. The Morgan fingerprint density at radius 3 is 2.70 bits per heavy atom. The van der Waals surface area contributed by atoms with Crippen LogP contribution in [-0.4, -0.2) is 93.6 Å². The molecule has 0 unspecified atom stereocenters. The molecule has 1 aromatic heterocycles. The Balaban J connectivity index is 1.58. The number of nitrogens with zero attached hydrogens (tertiary/aromatic N) is 4. The van der Waals surface area contributed by atoms with Crippen LogP contribution in [0, 0.1) is 0 Å². The molecule has 2 aromatic rings. The summed E-state index contributed by atoms with van der Waals surface area (Å²) in [6.07, 6.45) is 0.999. The molecule has 0 saturated carbocycles. The number of nitrogens with one attached hydrogen (secondary N) is 1. The number of likely N-dealkylation sites (N-methyl/N-ethyl adjacent to an activating group) is 1. The first kappa shape index (κ1) is 22.1. The normalized spacial score (nSPS) is 15.4. The van der Waals surface area contributed by atoms with E-state index < -0.39 is 0 Å². The van der Waals surface area contributed by atoms with Crippen LogP contribution in [0.4, 0.5) is 0 Å². The van der Waals surface area contributed by atoms with Gasteiger partial charge in [0.2, 0.25) is 5.91 Å². The third kappa shape index (κ3) is 6.47. The molecule has 0 radical (unpaired) electrons. The average Bonchev–Trinajstić information content (AvgIpc) is 3.15. The van der Waals surface area contributed by atoms with Crippen molar-refractivity contribution in [3.63, 3.8) is 0 Å². The van der Waals surface area contributed by atoms with Crippen molar-refractivity contribution in [3.05, 3.63) is 36.1 Å². The summed E-state index contributed by atoms with van der Waals surface area (Å²) in [6, 6.07) is 10.0. The van der Waals surface area contributed by atoms with Crippen LogP contribution in [0.5, 0.6) is 0 Å². The summed E-state index contributed by atoms with van der Waals surface area (Å²) in [5.74, 6) is 1.54. The maximum Gasteiger partial charge on any atom is 0.243 e. The van der Waals surface area contributed by atoms with Gasteiger partial charge < -0.3 is 24.3 Å². The smallest absolute Gasteiger partial charge is 0.243 e. The van der Waals surface area contributed by atoms with Gasteiger partial charge in [-0.2, -0.15) is 0 Å². The highest BCUT2D eigenvalue weighted by atomic mass is 16.5. The van der Waals surface area contributed by atoms with Crippen molar-refractivity contribution in [1.29, 1.82) is 0 Å². The van der Waals surface area contributed by atoms with Gasteiger partial charge in [0.1, 0.15) is 17.9 Å². The van der Waals surface area contributed by atoms with E-state index >= 15 is 0 Å². The van der Waals surface area contributed by atoms with Crippen molar-refractivity contribution >= 4 is 22.8 Å². The van der Waals surface area contributed by atoms with Crippen LogP contribution in [0.1, 0.15) is 12.2 Å². The molecule has 1 aliphatic rings. The summed E-state index contributed by atoms with van der Waals surface area (Å²) in [4.78, 5) is 22.5. The van der Waals surface area contributed by atoms with E-state index in [1.807, 2.05) is 42.3 Å². The van der Waals surface area contributed by atoms with Gasteiger partial charge in [-0.05, 0) is 25.1 Å². The van der Waals surface area contributed by atoms with E-state index in [9.17, 15) is 4.79 Å². The molecule has 1 N–H and O–H groups in total. The number of benzene rings is 1. The second-order valence-electron chi connectivity index (χ2n) is 7.77. The Bertz CT molecular complexity index is 809. The third-order valence-corrected chi connectivity index (χ3v) is 5.13. The quantitative estimate of drug-likeness (QED) is 0.401. The van der Waals surface area contributed by atoms with Crippen LogP contribution in [0.15, 0.2) is 39.7 Å². The molecule has 0 bridgehead atoms. The summed E-state index contributed by atoms with van der Waals surface area (Å²) < 4.78 is 11.3. The monoisotopic (exact) mass is 415 g/mol. The van der Waals surface area contributed by atoms with Crippen LogP contribution in [-0.2, 0) is 16.1 Å². The maximum atomic E-state index is 12.0. The Hall–Kier alpha value is -2.58. The first-order valence-corrected chi connectivity index (χ1v) is 10.5. The Morgan fingerprint density at radius 1 is 1.20 bits per heavy atom. The van der Waals surface area contributed by atoms with E-state index in [0.717, 1.165) is 62.5 Å². The maximum absolute atomic E-state index is 12.0. The van der Waals surface area contributed by atoms with Gasteiger partial charge >= 0.3 is 0 Å². The van der Waals surface area contributed by atoms with Crippen molar-refractivity contribution in [3.8, 4) is 0 Å². The van der Waals surface area contributed by atoms with Crippen molar-refractivity contribution in [1.82, 2.24) is 20.0 Å². The Morgan fingerprint density at radius 2 is 1.97 bits per heavy atom. The predicted octanol–water partition coefficient (Wildman–Crippen LogP) is 1.62. The topological polar surface area (TPSA) is 73.6 Å². The lowest BCUT2D eigenvalue weighted by Crippen LogP contribution is -2.41. The van der Waals surface area contributed by atoms with Crippen LogP contribution in [0.25, 0.3) is 11.0 Å². The van der Waals surface area contributed by atoms with E-state index in [1.165, 1.54) is 0 Å². The van der Waals surface area contributed by atoms with Gasteiger partial charge in [0.25, 0.3) is 0 Å². The minimum Gasteiger partial charge on any atom is -0.459 e. The number of hydrogen-bond acceptors (Lipinski definition) is 5. The number of morpholine rings is 1. The average molecular weight is 416 g/mol. The highest BCUT2D eigenvalue weighted by molar-refractivity contribution is 5.85. The second kappa shape index (κ2) is 11.0. The van der Waals surface area contributed by atoms with E-state index in [2.05, 4.69) is 15.2 Å². The fraction of sp³-hybridized carbons (Fsp3) is 0.545. The van der Waals surface area contributed by atoms with Crippen LogP contribution in [0.2, 0.25) is 0 Å². The summed E-state index contributed by atoms with van der Waals surface area (Å²) in [7, 11) is 5.44. The van der Waals surface area contributed by atoms with E-state index in [0.29, 0.717) is 12.5 Å². The molecule has 0 spiro atoms. The number of guanidine groups is 1. The summed E-state index contributed by atoms with van der Waals surface area (Å²) in [5, 5.41) is 4.50. The van der Waals surface area contributed by atoms with Gasteiger partial charge in [-0.25, -0.2) is 4.99 Å². The van der Waals surface area contributed by atoms with Gasteiger partial charge in [-0.3, -0.25) is 9.69 Å². The van der Waals surface area contributed by atoms with E-state index in [1.54, 1.807) is 19.0 Å². The van der Waals surface area contributed by atoms with Gasteiger partial charge in [-0.1, -0.05) is 18.2 Å². The fourth-order valence-corrected chi connectivity index (χ4v) is 3.35. The molecule has 8 nitrogen and oxygen atoms in total. The van der Waals surface area contributed by atoms with Gasteiger partial charge in [0, 0.05) is 46.2 Å². The number of amides is 1. The van der Waals surface area contributed by atoms with Crippen molar-refractivity contribution in [2.75, 3.05) is 67.1 Å². The predicted molar refractivity (Wildman–Crippen MR) is 119 cm³/mol. The molecular formula is C22H33N5O3. The molecule has 3 rings (SSSR count). The highest BCUT2D eigenvalue weighted by Gasteiger charge is 2.13. The summed E-state index contributed by atoms with van der Waals surface area (Å²) >= 11 is 0. The van der Waals surface area contributed by atoms with Crippen molar-refractivity contribution in [2.45, 2.75) is 13.0 Å². The zero-order chi connectivity index (χ0) is 21.3.